The van der Waals surface area contributed by atoms with Crippen molar-refractivity contribution >= 4 is 59.3 Å². The normalized spacial score (nSPS) is 11.3. The standard InChI is InChI=1S/C23H16BrFN2O3S2/c24-15-6-12-18(13-7-15)32(29,30)22-19(26)21(20(28)14-4-2-1-3-5-14)31-23(22)27-17-10-8-16(25)9-11-17/h1-13,27H,26H2. The number of rotatable bonds is 6. The van der Waals surface area contributed by atoms with Crippen LogP contribution in [0.15, 0.2) is 93.1 Å². The quantitative estimate of drug-likeness (QED) is 0.296. The molecule has 0 aliphatic rings. The zero-order chi connectivity index (χ0) is 22.9. The molecule has 0 atom stereocenters. The Labute approximate surface area is 196 Å². The molecular weight excluding hydrogens is 515 g/mol. The Morgan fingerprint density at radius 1 is 0.938 bits per heavy atom. The fourth-order valence-electron chi connectivity index (χ4n) is 3.06. The van der Waals surface area contributed by atoms with E-state index in [0.717, 1.165) is 15.8 Å². The molecule has 0 radical (unpaired) electrons. The van der Waals surface area contributed by atoms with E-state index in [1.54, 1.807) is 42.5 Å². The number of nitrogen functional groups attached to an aromatic ring is 1. The Balaban J connectivity index is 1.88. The van der Waals surface area contributed by atoms with Gasteiger partial charge in [0.1, 0.15) is 20.6 Å². The first-order valence-electron chi connectivity index (χ1n) is 9.32. The van der Waals surface area contributed by atoms with Crippen LogP contribution in [0.2, 0.25) is 0 Å². The van der Waals surface area contributed by atoms with Gasteiger partial charge in [0.15, 0.2) is 0 Å². The summed E-state index contributed by atoms with van der Waals surface area (Å²) in [5.41, 5.74) is 6.99. The fraction of sp³-hybridized carbons (Fsp3) is 0. The van der Waals surface area contributed by atoms with Gasteiger partial charge >= 0.3 is 0 Å². The lowest BCUT2D eigenvalue weighted by Gasteiger charge is -2.10. The van der Waals surface area contributed by atoms with Crippen LogP contribution in [-0.2, 0) is 9.84 Å². The number of carbonyl (C=O) groups is 1. The lowest BCUT2D eigenvalue weighted by molar-refractivity contribution is 0.104. The molecule has 5 nitrogen and oxygen atoms in total. The number of nitrogens with two attached hydrogens (primary N) is 1. The molecule has 0 saturated carbocycles. The van der Waals surface area contributed by atoms with Gasteiger partial charge in [-0.2, -0.15) is 0 Å². The highest BCUT2D eigenvalue weighted by molar-refractivity contribution is 9.10. The predicted octanol–water partition coefficient (Wildman–Crippen LogP) is 6.04. The van der Waals surface area contributed by atoms with Crippen LogP contribution in [0, 0.1) is 5.82 Å². The van der Waals surface area contributed by atoms with E-state index in [1.165, 1.54) is 36.4 Å². The number of ketones is 1. The number of carbonyl (C=O) groups excluding carboxylic acids is 1. The topological polar surface area (TPSA) is 89.3 Å². The Kier molecular flexibility index (Phi) is 6.14. The smallest absolute Gasteiger partial charge is 0.211 e. The number of anilines is 3. The van der Waals surface area contributed by atoms with Gasteiger partial charge in [-0.3, -0.25) is 4.79 Å². The maximum Gasteiger partial charge on any atom is 0.211 e. The van der Waals surface area contributed by atoms with Gasteiger partial charge in [0, 0.05) is 15.7 Å². The summed E-state index contributed by atoms with van der Waals surface area (Å²) in [6, 6.07) is 20.1. The monoisotopic (exact) mass is 530 g/mol. The van der Waals surface area contributed by atoms with Crippen molar-refractivity contribution in [3.63, 3.8) is 0 Å². The summed E-state index contributed by atoms with van der Waals surface area (Å²) in [6.45, 7) is 0. The Hall–Kier alpha value is -3.01. The van der Waals surface area contributed by atoms with Crippen LogP contribution in [0.1, 0.15) is 15.2 Å². The molecule has 3 N–H and O–H groups in total. The molecule has 0 unspecified atom stereocenters. The molecule has 0 aliphatic heterocycles. The minimum absolute atomic E-state index is 0.0334. The van der Waals surface area contributed by atoms with Crippen LogP contribution >= 0.6 is 27.3 Å². The number of hydrogen-bond acceptors (Lipinski definition) is 6. The van der Waals surface area contributed by atoms with Gasteiger partial charge in [-0.05, 0) is 48.5 Å². The minimum atomic E-state index is -4.06. The van der Waals surface area contributed by atoms with E-state index in [1.807, 2.05) is 0 Å². The molecule has 0 amide bonds. The second kappa shape index (κ2) is 8.85. The third-order valence-corrected chi connectivity index (χ3v) is 8.27. The zero-order valence-electron chi connectivity index (χ0n) is 16.4. The average Bonchev–Trinajstić information content (AvgIpc) is 3.12. The largest absolute Gasteiger partial charge is 0.396 e. The maximum atomic E-state index is 13.5. The van der Waals surface area contributed by atoms with Crippen molar-refractivity contribution in [2.24, 2.45) is 0 Å². The molecule has 0 spiro atoms. The van der Waals surface area contributed by atoms with Gasteiger partial charge in [-0.25, -0.2) is 12.8 Å². The first kappa shape index (κ1) is 22.2. The maximum absolute atomic E-state index is 13.5. The zero-order valence-corrected chi connectivity index (χ0v) is 19.6. The van der Waals surface area contributed by atoms with Crippen molar-refractivity contribution in [3.05, 3.63) is 99.6 Å². The van der Waals surface area contributed by atoms with E-state index < -0.39 is 15.7 Å². The minimum Gasteiger partial charge on any atom is -0.396 e. The van der Waals surface area contributed by atoms with E-state index >= 15 is 0 Å². The summed E-state index contributed by atoms with van der Waals surface area (Å²) < 4.78 is 41.0. The highest BCUT2D eigenvalue weighted by Crippen LogP contribution is 2.44. The summed E-state index contributed by atoms with van der Waals surface area (Å²) in [5, 5.41) is 3.16. The summed E-state index contributed by atoms with van der Waals surface area (Å²) in [7, 11) is -4.06. The third-order valence-electron chi connectivity index (χ3n) is 4.64. The van der Waals surface area contributed by atoms with Crippen molar-refractivity contribution < 1.29 is 17.6 Å². The molecular formula is C23H16BrFN2O3S2. The number of thiophene rings is 1. The molecule has 9 heteroatoms. The van der Waals surface area contributed by atoms with E-state index in [4.69, 9.17) is 5.73 Å². The van der Waals surface area contributed by atoms with Crippen LogP contribution in [0.25, 0.3) is 0 Å². The van der Waals surface area contributed by atoms with Crippen molar-refractivity contribution in [1.82, 2.24) is 0 Å². The Morgan fingerprint density at radius 3 is 2.19 bits per heavy atom. The lowest BCUT2D eigenvalue weighted by Crippen LogP contribution is -2.08. The molecule has 162 valence electrons. The fourth-order valence-corrected chi connectivity index (χ4v) is 6.26. The number of halogens is 2. The molecule has 0 aliphatic carbocycles. The van der Waals surface area contributed by atoms with Crippen molar-refractivity contribution in [2.45, 2.75) is 9.79 Å². The van der Waals surface area contributed by atoms with E-state index in [0.29, 0.717) is 11.3 Å². The molecule has 4 rings (SSSR count). The molecule has 0 bridgehead atoms. The number of benzene rings is 3. The number of hydrogen-bond donors (Lipinski definition) is 2. The second-order valence-corrected chi connectivity index (χ2v) is 10.6. The summed E-state index contributed by atoms with van der Waals surface area (Å²) in [5.74, 6) is -0.809. The third kappa shape index (κ3) is 4.32. The van der Waals surface area contributed by atoms with Crippen LogP contribution in [0.5, 0.6) is 0 Å². The van der Waals surface area contributed by atoms with Crippen molar-refractivity contribution in [2.75, 3.05) is 11.1 Å². The van der Waals surface area contributed by atoms with Gasteiger partial charge in [-0.15, -0.1) is 11.3 Å². The first-order chi connectivity index (χ1) is 15.3. The van der Waals surface area contributed by atoms with Crippen LogP contribution in [-0.4, -0.2) is 14.2 Å². The summed E-state index contributed by atoms with van der Waals surface area (Å²) in [4.78, 5) is 13.0. The molecule has 3 aromatic carbocycles. The molecule has 0 fully saturated rings. The first-order valence-corrected chi connectivity index (χ1v) is 12.4. The predicted molar refractivity (Wildman–Crippen MR) is 128 cm³/mol. The number of sulfone groups is 1. The van der Waals surface area contributed by atoms with Gasteiger partial charge in [-0.1, -0.05) is 46.3 Å². The van der Waals surface area contributed by atoms with Crippen LogP contribution in [0.3, 0.4) is 0 Å². The van der Waals surface area contributed by atoms with Gasteiger partial charge < -0.3 is 11.1 Å². The van der Waals surface area contributed by atoms with Gasteiger partial charge in [0.05, 0.1) is 10.6 Å². The van der Waals surface area contributed by atoms with Crippen LogP contribution < -0.4 is 11.1 Å². The van der Waals surface area contributed by atoms with E-state index in [2.05, 4.69) is 21.2 Å². The van der Waals surface area contributed by atoms with E-state index in [9.17, 15) is 17.6 Å². The molecule has 32 heavy (non-hydrogen) atoms. The average molecular weight is 531 g/mol. The Bertz CT molecular complexity index is 1390. The SMILES string of the molecule is Nc1c(C(=O)c2ccccc2)sc(Nc2ccc(F)cc2)c1S(=O)(=O)c1ccc(Br)cc1. The molecule has 0 saturated heterocycles. The number of nitrogens with one attached hydrogen (secondary N) is 1. The molecule has 4 aromatic rings. The second-order valence-electron chi connectivity index (χ2n) is 6.79. The van der Waals surface area contributed by atoms with Crippen LogP contribution in [0.4, 0.5) is 20.8 Å². The highest BCUT2D eigenvalue weighted by Gasteiger charge is 2.31. The van der Waals surface area contributed by atoms with Gasteiger partial charge in [0.2, 0.25) is 15.6 Å². The molecule has 1 aromatic heterocycles. The lowest BCUT2D eigenvalue weighted by atomic mass is 10.1. The van der Waals surface area contributed by atoms with Crippen molar-refractivity contribution in [1.29, 1.82) is 0 Å². The summed E-state index contributed by atoms with van der Waals surface area (Å²) in [6.07, 6.45) is 0. The molecule has 1 heterocycles. The van der Waals surface area contributed by atoms with Crippen molar-refractivity contribution in [3.8, 4) is 0 Å². The van der Waals surface area contributed by atoms with E-state index in [-0.39, 0.29) is 31.1 Å². The Morgan fingerprint density at radius 2 is 1.56 bits per heavy atom. The van der Waals surface area contributed by atoms with Gasteiger partial charge in [0.25, 0.3) is 0 Å². The highest BCUT2D eigenvalue weighted by atomic mass is 79.9. The summed E-state index contributed by atoms with van der Waals surface area (Å²) >= 11 is 4.24.